The van der Waals surface area contributed by atoms with Crippen LogP contribution >= 0.6 is 11.8 Å². The topological polar surface area (TPSA) is 46.8 Å². The second-order valence-corrected chi connectivity index (χ2v) is 5.38. The molecule has 82 valence electrons. The van der Waals surface area contributed by atoms with Crippen LogP contribution in [0.15, 0.2) is 0 Å². The minimum Gasteiger partial charge on any atom is -0.294 e. The Bertz CT molecular complexity index is 329. The van der Waals surface area contributed by atoms with Gasteiger partial charge < -0.3 is 0 Å². The average molecular weight is 225 g/mol. The van der Waals surface area contributed by atoms with Gasteiger partial charge in [0.05, 0.1) is 12.6 Å². The van der Waals surface area contributed by atoms with E-state index in [4.69, 9.17) is 0 Å². The number of hydrogen-bond donors (Lipinski definition) is 0. The highest BCUT2D eigenvalue weighted by molar-refractivity contribution is 7.99. The lowest BCUT2D eigenvalue weighted by molar-refractivity contribution is 0.280. The molecule has 2 heterocycles. The van der Waals surface area contributed by atoms with Crippen molar-refractivity contribution in [3.63, 3.8) is 0 Å². The van der Waals surface area contributed by atoms with E-state index in [9.17, 15) is 0 Å². The molecule has 0 N–H and O–H groups in total. The fraction of sp³-hybridized carbons (Fsp3) is 0.889. The zero-order valence-electron chi connectivity index (χ0n) is 8.67. The first-order valence-electron chi connectivity index (χ1n) is 5.50. The lowest BCUT2D eigenvalue weighted by atomic mass is 10.4. The molecule has 1 aromatic rings. The summed E-state index contributed by atoms with van der Waals surface area (Å²) in [6, 6.07) is 0.592. The zero-order valence-corrected chi connectivity index (χ0v) is 9.49. The first-order valence-corrected chi connectivity index (χ1v) is 6.66. The molecule has 2 fully saturated rings. The van der Waals surface area contributed by atoms with Crippen LogP contribution in [0.3, 0.4) is 0 Å². The molecule has 1 saturated heterocycles. The minimum atomic E-state index is 0.592. The van der Waals surface area contributed by atoms with Crippen LogP contribution in [-0.2, 0) is 6.54 Å². The highest BCUT2D eigenvalue weighted by atomic mass is 32.2. The fourth-order valence-corrected chi connectivity index (χ4v) is 2.86. The van der Waals surface area contributed by atoms with Crippen LogP contribution in [0.1, 0.15) is 24.7 Å². The number of tetrazole rings is 1. The maximum Gasteiger partial charge on any atom is 0.165 e. The van der Waals surface area contributed by atoms with Crippen molar-refractivity contribution in [1.82, 2.24) is 25.1 Å². The smallest absolute Gasteiger partial charge is 0.165 e. The van der Waals surface area contributed by atoms with Crippen molar-refractivity contribution in [3.8, 4) is 0 Å². The van der Waals surface area contributed by atoms with E-state index in [0.29, 0.717) is 6.04 Å². The zero-order chi connectivity index (χ0) is 10.1. The normalized spacial score (nSPS) is 23.2. The first kappa shape index (κ1) is 9.59. The van der Waals surface area contributed by atoms with Gasteiger partial charge in [-0.25, -0.2) is 4.68 Å². The molecular weight excluding hydrogens is 210 g/mol. The van der Waals surface area contributed by atoms with Gasteiger partial charge in [0, 0.05) is 24.6 Å². The summed E-state index contributed by atoms with van der Waals surface area (Å²) < 4.78 is 2.02. The Hall–Kier alpha value is -0.620. The molecule has 1 aliphatic heterocycles. The quantitative estimate of drug-likeness (QED) is 0.752. The number of hydrogen-bond acceptors (Lipinski definition) is 5. The predicted octanol–water partition coefficient (Wildman–Crippen LogP) is 0.557. The minimum absolute atomic E-state index is 0.592. The summed E-state index contributed by atoms with van der Waals surface area (Å²) in [5, 5.41) is 12.0. The van der Waals surface area contributed by atoms with Crippen LogP contribution in [0.4, 0.5) is 0 Å². The molecule has 1 aromatic heterocycles. The van der Waals surface area contributed by atoms with Crippen LogP contribution in [-0.4, -0.2) is 49.7 Å². The number of aromatic nitrogens is 4. The summed E-state index contributed by atoms with van der Waals surface area (Å²) in [6.07, 6.45) is 2.49. The molecule has 0 radical (unpaired) electrons. The molecule has 2 aliphatic rings. The van der Waals surface area contributed by atoms with Crippen LogP contribution in [0.5, 0.6) is 0 Å². The van der Waals surface area contributed by atoms with E-state index in [0.717, 1.165) is 12.4 Å². The Morgan fingerprint density at radius 3 is 2.80 bits per heavy atom. The van der Waals surface area contributed by atoms with Gasteiger partial charge in [0.2, 0.25) is 0 Å². The fourth-order valence-electron chi connectivity index (χ4n) is 1.88. The van der Waals surface area contributed by atoms with Crippen molar-refractivity contribution in [2.24, 2.45) is 0 Å². The molecule has 0 unspecified atom stereocenters. The highest BCUT2D eigenvalue weighted by Gasteiger charge is 2.28. The van der Waals surface area contributed by atoms with Gasteiger partial charge >= 0.3 is 0 Å². The van der Waals surface area contributed by atoms with E-state index >= 15 is 0 Å². The van der Waals surface area contributed by atoms with Gasteiger partial charge in [-0.3, -0.25) is 4.90 Å². The van der Waals surface area contributed by atoms with E-state index in [1.54, 1.807) is 0 Å². The Balaban J connectivity index is 1.67. The van der Waals surface area contributed by atoms with Crippen LogP contribution in [0.2, 0.25) is 0 Å². The molecule has 6 heteroatoms. The van der Waals surface area contributed by atoms with Gasteiger partial charge in [-0.15, -0.1) is 5.10 Å². The molecule has 1 saturated carbocycles. The Morgan fingerprint density at radius 2 is 2.07 bits per heavy atom. The third-order valence-electron chi connectivity index (χ3n) is 2.92. The molecule has 5 nitrogen and oxygen atoms in total. The predicted molar refractivity (Wildman–Crippen MR) is 58.7 cm³/mol. The van der Waals surface area contributed by atoms with Gasteiger partial charge in [0.15, 0.2) is 5.82 Å². The Labute approximate surface area is 93.2 Å². The monoisotopic (exact) mass is 225 g/mol. The third kappa shape index (κ3) is 2.15. The first-order chi connectivity index (χ1) is 7.43. The number of rotatable bonds is 3. The number of nitrogens with zero attached hydrogens (tertiary/aromatic N) is 5. The van der Waals surface area contributed by atoms with Gasteiger partial charge in [-0.05, 0) is 23.3 Å². The molecule has 15 heavy (non-hydrogen) atoms. The summed E-state index contributed by atoms with van der Waals surface area (Å²) in [7, 11) is 0. The number of thioether (sulfide) groups is 1. The van der Waals surface area contributed by atoms with Gasteiger partial charge in [-0.1, -0.05) is 0 Å². The van der Waals surface area contributed by atoms with Gasteiger partial charge in [-0.2, -0.15) is 11.8 Å². The van der Waals surface area contributed by atoms with Crippen molar-refractivity contribution < 1.29 is 0 Å². The third-order valence-corrected chi connectivity index (χ3v) is 3.86. The van der Waals surface area contributed by atoms with Crippen molar-refractivity contribution in [1.29, 1.82) is 0 Å². The molecule has 0 amide bonds. The van der Waals surface area contributed by atoms with E-state index in [1.807, 2.05) is 16.4 Å². The standard InChI is InChI=1S/C9H15N5S/c1-2-8(1)14-9(10-11-12-14)7-13-3-5-15-6-4-13/h8H,1-7H2. The SMILES string of the molecule is C1CN(Cc2nnnn2C2CC2)CCS1. The summed E-state index contributed by atoms with van der Waals surface area (Å²) in [5.41, 5.74) is 0. The van der Waals surface area contributed by atoms with E-state index in [-0.39, 0.29) is 0 Å². The summed E-state index contributed by atoms with van der Waals surface area (Å²) in [5.74, 6) is 3.53. The maximum atomic E-state index is 4.12. The van der Waals surface area contributed by atoms with Crippen LogP contribution in [0, 0.1) is 0 Å². The maximum absolute atomic E-state index is 4.12. The van der Waals surface area contributed by atoms with E-state index < -0.39 is 0 Å². The molecular formula is C9H15N5S. The van der Waals surface area contributed by atoms with E-state index in [1.165, 1.54) is 37.4 Å². The molecule has 1 aliphatic carbocycles. The van der Waals surface area contributed by atoms with Crippen molar-refractivity contribution in [2.45, 2.75) is 25.4 Å². The summed E-state index contributed by atoms with van der Waals surface area (Å²) in [4.78, 5) is 2.45. The summed E-state index contributed by atoms with van der Waals surface area (Å²) >= 11 is 2.03. The van der Waals surface area contributed by atoms with Crippen LogP contribution in [0.25, 0.3) is 0 Å². The second-order valence-electron chi connectivity index (χ2n) is 4.16. The van der Waals surface area contributed by atoms with Crippen molar-refractivity contribution in [3.05, 3.63) is 5.82 Å². The molecule has 3 rings (SSSR count). The summed E-state index contributed by atoms with van der Waals surface area (Å²) in [6.45, 7) is 3.26. The molecule has 0 atom stereocenters. The second kappa shape index (κ2) is 4.09. The highest BCUT2D eigenvalue weighted by Crippen LogP contribution is 2.34. The van der Waals surface area contributed by atoms with Gasteiger partial charge in [0.1, 0.15) is 0 Å². The van der Waals surface area contributed by atoms with Gasteiger partial charge in [0.25, 0.3) is 0 Å². The molecule has 0 spiro atoms. The largest absolute Gasteiger partial charge is 0.294 e. The Morgan fingerprint density at radius 1 is 1.27 bits per heavy atom. The molecule has 0 bridgehead atoms. The Kier molecular flexibility index (Phi) is 2.62. The van der Waals surface area contributed by atoms with Crippen molar-refractivity contribution in [2.75, 3.05) is 24.6 Å². The van der Waals surface area contributed by atoms with E-state index in [2.05, 4.69) is 20.4 Å². The van der Waals surface area contributed by atoms with Crippen molar-refractivity contribution >= 4 is 11.8 Å². The van der Waals surface area contributed by atoms with Crippen LogP contribution < -0.4 is 0 Å². The average Bonchev–Trinajstić information content (AvgIpc) is 3.02. The lowest BCUT2D eigenvalue weighted by Gasteiger charge is -2.25. The lowest BCUT2D eigenvalue weighted by Crippen LogP contribution is -2.33. The molecule has 0 aromatic carbocycles.